The highest BCUT2D eigenvalue weighted by atomic mass is 16.5. The number of ether oxygens (including phenoxy) is 1. The minimum Gasteiger partial charge on any atom is -0.494 e. The smallest absolute Gasteiger partial charge is 0.247 e. The van der Waals surface area contributed by atoms with Crippen LogP contribution in [0, 0.1) is 0 Å². The molecule has 0 spiro atoms. The average Bonchev–Trinajstić information content (AvgIpc) is 2.48. The molecule has 0 atom stereocenters. The van der Waals surface area contributed by atoms with Crippen LogP contribution in [0.5, 0.6) is 5.75 Å². The van der Waals surface area contributed by atoms with E-state index in [0.717, 1.165) is 24.5 Å². The van der Waals surface area contributed by atoms with E-state index < -0.39 is 0 Å². The third-order valence-electron chi connectivity index (χ3n) is 3.07. The molecule has 0 heterocycles. The largest absolute Gasteiger partial charge is 0.494 e. The number of rotatable bonds is 10. The van der Waals surface area contributed by atoms with Crippen molar-refractivity contribution >= 4 is 11.6 Å². The van der Waals surface area contributed by atoms with Crippen molar-refractivity contribution in [3.63, 3.8) is 0 Å². The van der Waals surface area contributed by atoms with E-state index in [0.29, 0.717) is 0 Å². The van der Waals surface area contributed by atoms with Gasteiger partial charge in [-0.1, -0.05) is 45.6 Å². The summed E-state index contributed by atoms with van der Waals surface area (Å²) >= 11 is 0. The van der Waals surface area contributed by atoms with Crippen LogP contribution < -0.4 is 10.1 Å². The zero-order valence-electron chi connectivity index (χ0n) is 12.4. The summed E-state index contributed by atoms with van der Waals surface area (Å²) in [4.78, 5) is 11.1. The quantitative estimate of drug-likeness (QED) is 0.502. The van der Waals surface area contributed by atoms with Crippen LogP contribution in [0.3, 0.4) is 0 Å². The van der Waals surface area contributed by atoms with E-state index >= 15 is 0 Å². The number of nitrogens with one attached hydrogen (secondary N) is 1. The number of unbranched alkanes of at least 4 members (excludes halogenated alkanes) is 5. The number of hydrogen-bond donors (Lipinski definition) is 1. The Morgan fingerprint density at radius 2 is 1.80 bits per heavy atom. The molecule has 0 radical (unpaired) electrons. The van der Waals surface area contributed by atoms with Gasteiger partial charge in [0.2, 0.25) is 5.91 Å². The van der Waals surface area contributed by atoms with Gasteiger partial charge in [0.15, 0.2) is 0 Å². The molecule has 0 aliphatic heterocycles. The van der Waals surface area contributed by atoms with Crippen LogP contribution in [0.4, 0.5) is 5.69 Å². The second-order valence-electron chi connectivity index (χ2n) is 4.83. The molecular formula is C17H25NO2. The highest BCUT2D eigenvalue weighted by Gasteiger charge is 1.98. The van der Waals surface area contributed by atoms with E-state index in [1.165, 1.54) is 38.2 Å². The number of carbonyl (C=O) groups is 1. The average molecular weight is 275 g/mol. The maximum Gasteiger partial charge on any atom is 0.247 e. The Kier molecular flexibility index (Phi) is 8.20. The van der Waals surface area contributed by atoms with Gasteiger partial charge in [-0.05, 0) is 36.8 Å². The topological polar surface area (TPSA) is 38.3 Å². The summed E-state index contributed by atoms with van der Waals surface area (Å²) in [7, 11) is 0. The lowest BCUT2D eigenvalue weighted by Gasteiger charge is -2.07. The van der Waals surface area contributed by atoms with Crippen LogP contribution in [-0.4, -0.2) is 12.5 Å². The molecular weight excluding hydrogens is 250 g/mol. The molecule has 3 nitrogen and oxygen atoms in total. The molecule has 1 rings (SSSR count). The molecule has 110 valence electrons. The first kappa shape index (κ1) is 16.3. The molecule has 0 bridgehead atoms. The molecule has 0 saturated heterocycles. The Morgan fingerprint density at radius 3 is 2.45 bits per heavy atom. The molecule has 0 aliphatic rings. The van der Waals surface area contributed by atoms with E-state index in [1.54, 1.807) is 0 Å². The number of hydrogen-bond acceptors (Lipinski definition) is 2. The van der Waals surface area contributed by atoms with E-state index in [-0.39, 0.29) is 5.91 Å². The zero-order chi connectivity index (χ0) is 14.6. The van der Waals surface area contributed by atoms with Crippen molar-refractivity contribution in [2.24, 2.45) is 0 Å². The molecule has 1 N–H and O–H groups in total. The normalized spacial score (nSPS) is 10.1. The summed E-state index contributed by atoms with van der Waals surface area (Å²) in [5.74, 6) is 0.640. The standard InChI is InChI=1S/C17H25NO2/c1-3-5-6-7-8-9-14-20-16-12-10-15(11-13-16)18-17(19)4-2/h4,10-13H,2-3,5-9,14H2,1H3,(H,18,19). The fourth-order valence-corrected chi connectivity index (χ4v) is 1.90. The predicted octanol–water partition coefficient (Wildman–Crippen LogP) is 4.55. The molecule has 0 fully saturated rings. The van der Waals surface area contributed by atoms with Crippen molar-refractivity contribution < 1.29 is 9.53 Å². The van der Waals surface area contributed by atoms with Gasteiger partial charge in [0.05, 0.1) is 6.61 Å². The summed E-state index contributed by atoms with van der Waals surface area (Å²) in [6.45, 7) is 6.39. The van der Waals surface area contributed by atoms with E-state index in [4.69, 9.17) is 4.74 Å². The monoisotopic (exact) mass is 275 g/mol. The van der Waals surface area contributed by atoms with E-state index in [2.05, 4.69) is 18.8 Å². The lowest BCUT2D eigenvalue weighted by atomic mass is 10.1. The number of benzene rings is 1. The Balaban J connectivity index is 2.18. The van der Waals surface area contributed by atoms with Crippen LogP contribution in [0.15, 0.2) is 36.9 Å². The Hall–Kier alpha value is -1.77. The first-order valence-electron chi connectivity index (χ1n) is 7.42. The molecule has 0 saturated carbocycles. The lowest BCUT2D eigenvalue weighted by molar-refractivity contribution is -0.111. The fourth-order valence-electron chi connectivity index (χ4n) is 1.90. The Bertz CT molecular complexity index is 398. The first-order chi connectivity index (χ1) is 9.76. The van der Waals surface area contributed by atoms with Gasteiger partial charge in [0, 0.05) is 5.69 Å². The Morgan fingerprint density at radius 1 is 1.15 bits per heavy atom. The third-order valence-corrected chi connectivity index (χ3v) is 3.07. The highest BCUT2D eigenvalue weighted by molar-refractivity contribution is 5.98. The van der Waals surface area contributed by atoms with Gasteiger partial charge in [-0.2, -0.15) is 0 Å². The number of amides is 1. The Labute approximate surface area is 122 Å². The van der Waals surface area contributed by atoms with Gasteiger partial charge in [-0.15, -0.1) is 0 Å². The van der Waals surface area contributed by atoms with Gasteiger partial charge in [-0.3, -0.25) is 4.79 Å². The summed E-state index contributed by atoms with van der Waals surface area (Å²) < 4.78 is 5.67. The number of anilines is 1. The SMILES string of the molecule is C=CC(=O)Nc1ccc(OCCCCCCCC)cc1. The van der Waals surface area contributed by atoms with E-state index in [1.807, 2.05) is 24.3 Å². The van der Waals surface area contributed by atoms with Crippen LogP contribution in [-0.2, 0) is 4.79 Å². The van der Waals surface area contributed by atoms with Crippen molar-refractivity contribution in [3.05, 3.63) is 36.9 Å². The second-order valence-corrected chi connectivity index (χ2v) is 4.83. The maximum atomic E-state index is 11.1. The van der Waals surface area contributed by atoms with Gasteiger partial charge in [-0.25, -0.2) is 0 Å². The molecule has 3 heteroatoms. The van der Waals surface area contributed by atoms with Gasteiger partial charge < -0.3 is 10.1 Å². The van der Waals surface area contributed by atoms with Crippen molar-refractivity contribution in [3.8, 4) is 5.75 Å². The second kappa shape index (κ2) is 10.1. The van der Waals surface area contributed by atoms with Crippen LogP contribution in [0.25, 0.3) is 0 Å². The predicted molar refractivity (Wildman–Crippen MR) is 84.1 cm³/mol. The third kappa shape index (κ3) is 6.98. The molecule has 1 aromatic rings. The summed E-state index contributed by atoms with van der Waals surface area (Å²) in [5, 5.41) is 2.70. The molecule has 0 unspecified atom stereocenters. The van der Waals surface area contributed by atoms with Gasteiger partial charge in [0.1, 0.15) is 5.75 Å². The highest BCUT2D eigenvalue weighted by Crippen LogP contribution is 2.16. The van der Waals surface area contributed by atoms with Crippen molar-refractivity contribution in [2.45, 2.75) is 45.4 Å². The molecule has 0 aromatic heterocycles. The fraction of sp³-hybridized carbons (Fsp3) is 0.471. The van der Waals surface area contributed by atoms with Crippen LogP contribution >= 0.6 is 0 Å². The molecule has 0 aliphatic carbocycles. The van der Waals surface area contributed by atoms with Crippen LogP contribution in [0.1, 0.15) is 45.4 Å². The van der Waals surface area contributed by atoms with Crippen LogP contribution in [0.2, 0.25) is 0 Å². The minimum absolute atomic E-state index is 0.203. The zero-order valence-corrected chi connectivity index (χ0v) is 12.4. The first-order valence-corrected chi connectivity index (χ1v) is 7.42. The molecule has 1 amide bonds. The lowest BCUT2D eigenvalue weighted by Crippen LogP contribution is -2.07. The number of carbonyl (C=O) groups excluding carboxylic acids is 1. The molecule has 20 heavy (non-hydrogen) atoms. The van der Waals surface area contributed by atoms with Crippen molar-refractivity contribution in [1.29, 1.82) is 0 Å². The van der Waals surface area contributed by atoms with E-state index in [9.17, 15) is 4.79 Å². The van der Waals surface area contributed by atoms with Crippen molar-refractivity contribution in [2.75, 3.05) is 11.9 Å². The summed E-state index contributed by atoms with van der Waals surface area (Å²) in [5.41, 5.74) is 0.752. The minimum atomic E-state index is -0.203. The summed E-state index contributed by atoms with van der Waals surface area (Å²) in [6.07, 6.45) is 8.82. The summed E-state index contributed by atoms with van der Waals surface area (Å²) in [6, 6.07) is 7.40. The maximum absolute atomic E-state index is 11.1. The van der Waals surface area contributed by atoms with Gasteiger partial charge >= 0.3 is 0 Å². The van der Waals surface area contributed by atoms with Gasteiger partial charge in [0.25, 0.3) is 0 Å². The molecule has 1 aromatic carbocycles. The van der Waals surface area contributed by atoms with Crippen molar-refractivity contribution in [1.82, 2.24) is 0 Å².